The van der Waals surface area contributed by atoms with E-state index in [1.807, 2.05) is 53.6 Å². The second-order valence-electron chi connectivity index (χ2n) is 7.85. The summed E-state index contributed by atoms with van der Waals surface area (Å²) in [5.41, 5.74) is 5.43. The fourth-order valence-electron chi connectivity index (χ4n) is 4.65. The second-order valence-corrected chi connectivity index (χ2v) is 7.85. The van der Waals surface area contributed by atoms with Crippen molar-refractivity contribution < 1.29 is 0 Å². The fraction of sp³-hybridized carbons (Fsp3) is 0.160. The lowest BCUT2D eigenvalue weighted by Crippen LogP contribution is -2.19. The monoisotopic (exact) mass is 392 g/mol. The number of nitrogens with zero attached hydrogens (tertiary/aromatic N) is 4. The third kappa shape index (κ3) is 2.59. The van der Waals surface area contributed by atoms with Gasteiger partial charge < -0.3 is 9.13 Å². The van der Waals surface area contributed by atoms with Crippen molar-refractivity contribution in [2.24, 2.45) is 0 Å². The van der Waals surface area contributed by atoms with Gasteiger partial charge in [-0.3, -0.25) is 4.79 Å². The number of benzene rings is 2. The zero-order valence-electron chi connectivity index (χ0n) is 16.5. The molecule has 5 aromatic rings. The van der Waals surface area contributed by atoms with Crippen molar-refractivity contribution in [2.75, 3.05) is 0 Å². The van der Waals surface area contributed by atoms with E-state index in [2.05, 4.69) is 33.8 Å². The molecule has 0 N–H and O–H groups in total. The average Bonchev–Trinajstić information content (AvgIpc) is 3.42. The smallest absolute Gasteiger partial charge is 0.259 e. The van der Waals surface area contributed by atoms with Crippen molar-refractivity contribution in [1.29, 1.82) is 0 Å². The van der Waals surface area contributed by atoms with Crippen molar-refractivity contribution in [3.05, 3.63) is 94.8 Å². The van der Waals surface area contributed by atoms with Gasteiger partial charge in [0.05, 0.1) is 29.8 Å². The van der Waals surface area contributed by atoms with Crippen molar-refractivity contribution in [3.8, 4) is 11.4 Å². The number of aromatic nitrogens is 4. The molecule has 0 unspecified atom stereocenters. The maximum atomic E-state index is 13.2. The summed E-state index contributed by atoms with van der Waals surface area (Å²) in [6, 6.07) is 18.2. The molecule has 30 heavy (non-hydrogen) atoms. The first kappa shape index (κ1) is 17.2. The van der Waals surface area contributed by atoms with Crippen LogP contribution in [0.4, 0.5) is 0 Å². The van der Waals surface area contributed by atoms with Crippen LogP contribution in [0.2, 0.25) is 0 Å². The van der Waals surface area contributed by atoms with Gasteiger partial charge in [-0.25, -0.2) is 9.97 Å². The number of aryl methyl sites for hydroxylation is 2. The van der Waals surface area contributed by atoms with Gasteiger partial charge in [0.25, 0.3) is 5.56 Å². The van der Waals surface area contributed by atoms with Crippen molar-refractivity contribution in [1.82, 2.24) is 19.1 Å². The zero-order valence-corrected chi connectivity index (χ0v) is 16.5. The van der Waals surface area contributed by atoms with E-state index in [9.17, 15) is 4.79 Å². The summed E-state index contributed by atoms with van der Waals surface area (Å²) in [5.74, 6) is 0. The van der Waals surface area contributed by atoms with Crippen LogP contribution in [0.1, 0.15) is 17.5 Å². The maximum absolute atomic E-state index is 13.2. The molecule has 0 spiro atoms. The van der Waals surface area contributed by atoms with Crippen LogP contribution >= 0.6 is 0 Å². The lowest BCUT2D eigenvalue weighted by molar-refractivity contribution is 0.640. The van der Waals surface area contributed by atoms with Crippen LogP contribution in [0.25, 0.3) is 33.1 Å². The minimum absolute atomic E-state index is 0.0644. The molecule has 1 aliphatic rings. The molecule has 0 saturated heterocycles. The number of hydrogen-bond acceptors (Lipinski definition) is 3. The number of imidazole rings is 1. The molecule has 0 fully saturated rings. The Labute approximate surface area is 173 Å². The van der Waals surface area contributed by atoms with Crippen LogP contribution in [-0.4, -0.2) is 19.1 Å². The van der Waals surface area contributed by atoms with Gasteiger partial charge >= 0.3 is 0 Å². The minimum atomic E-state index is 0.0644. The molecule has 0 radical (unpaired) electrons. The largest absolute Gasteiger partial charge is 0.337 e. The second kappa shape index (κ2) is 6.66. The summed E-state index contributed by atoms with van der Waals surface area (Å²) in [5, 5.41) is 2.92. The molecule has 0 amide bonds. The van der Waals surface area contributed by atoms with Crippen LogP contribution in [-0.2, 0) is 19.5 Å². The first-order valence-corrected chi connectivity index (χ1v) is 10.3. The Morgan fingerprint density at radius 3 is 2.70 bits per heavy atom. The van der Waals surface area contributed by atoms with Crippen molar-refractivity contribution in [3.63, 3.8) is 0 Å². The van der Waals surface area contributed by atoms with E-state index >= 15 is 0 Å². The number of rotatable bonds is 4. The van der Waals surface area contributed by atoms with Gasteiger partial charge in [-0.1, -0.05) is 36.4 Å². The molecule has 4 heterocycles. The Morgan fingerprint density at radius 2 is 1.83 bits per heavy atom. The van der Waals surface area contributed by atoms with Crippen LogP contribution < -0.4 is 5.56 Å². The number of hydrogen-bond donors (Lipinski definition) is 0. The Morgan fingerprint density at radius 1 is 1.00 bits per heavy atom. The molecular formula is C25H20N4O. The Hall–Kier alpha value is -3.73. The third-order valence-electron chi connectivity index (χ3n) is 6.09. The number of fused-ring (bicyclic) bond motifs is 5. The van der Waals surface area contributed by atoms with Gasteiger partial charge in [-0.05, 0) is 42.0 Å². The number of para-hydroxylation sites is 1. The molecule has 5 heteroatoms. The number of pyridine rings is 2. The quantitative estimate of drug-likeness (QED) is 0.447. The summed E-state index contributed by atoms with van der Waals surface area (Å²) in [4.78, 5) is 22.3. The standard InChI is InChI=1S/C25H20N4O/c30-25-18-7-2-1-6-17(18)14-23-24-21(15-29(23)25)19(9-5-12-28-13-11-26-16-28)20-8-3-4-10-22(20)27-24/h1-4,6-8,10-11,13-14,16H,5,9,12,15H2. The highest BCUT2D eigenvalue weighted by Gasteiger charge is 2.26. The Bertz CT molecular complexity index is 1460. The van der Waals surface area contributed by atoms with Gasteiger partial charge in [0, 0.05) is 35.3 Å². The normalized spacial score (nSPS) is 12.4. The molecule has 0 atom stereocenters. The van der Waals surface area contributed by atoms with Gasteiger partial charge in [0.2, 0.25) is 0 Å². The predicted molar refractivity (Wildman–Crippen MR) is 119 cm³/mol. The Balaban J connectivity index is 1.51. The lowest BCUT2D eigenvalue weighted by Gasteiger charge is -2.12. The van der Waals surface area contributed by atoms with Crippen LogP contribution in [0.15, 0.2) is 78.1 Å². The molecule has 6 rings (SSSR count). The van der Waals surface area contributed by atoms with Gasteiger partial charge in [0.1, 0.15) is 0 Å². The topological polar surface area (TPSA) is 52.7 Å². The predicted octanol–water partition coefficient (Wildman–Crippen LogP) is 4.41. The SMILES string of the molecule is O=c1c2ccccc2cc2n1Cc1c-2nc2ccccc2c1CCCn1ccnc1. The third-order valence-corrected chi connectivity index (χ3v) is 6.09. The molecule has 2 aromatic carbocycles. The summed E-state index contributed by atoms with van der Waals surface area (Å²) in [6.45, 7) is 1.51. The van der Waals surface area contributed by atoms with E-state index in [0.29, 0.717) is 6.54 Å². The van der Waals surface area contributed by atoms with Crippen LogP contribution in [0.5, 0.6) is 0 Å². The highest BCUT2D eigenvalue weighted by atomic mass is 16.1. The van der Waals surface area contributed by atoms with E-state index in [1.54, 1.807) is 0 Å². The van der Waals surface area contributed by atoms with E-state index in [1.165, 1.54) is 16.5 Å². The molecule has 0 bridgehead atoms. The summed E-state index contributed by atoms with van der Waals surface area (Å²) in [7, 11) is 0. The van der Waals surface area contributed by atoms with Gasteiger partial charge in [-0.2, -0.15) is 0 Å². The van der Waals surface area contributed by atoms with Gasteiger partial charge in [-0.15, -0.1) is 0 Å². The molecule has 146 valence electrons. The molecule has 5 nitrogen and oxygen atoms in total. The maximum Gasteiger partial charge on any atom is 0.259 e. The molecule has 3 aromatic heterocycles. The lowest BCUT2D eigenvalue weighted by atomic mass is 9.96. The van der Waals surface area contributed by atoms with Crippen LogP contribution in [0.3, 0.4) is 0 Å². The zero-order chi connectivity index (χ0) is 20.1. The molecule has 1 aliphatic heterocycles. The molecular weight excluding hydrogens is 372 g/mol. The van der Waals surface area contributed by atoms with E-state index < -0.39 is 0 Å². The highest BCUT2D eigenvalue weighted by Crippen LogP contribution is 2.36. The molecule has 0 aliphatic carbocycles. The minimum Gasteiger partial charge on any atom is -0.337 e. The van der Waals surface area contributed by atoms with Gasteiger partial charge in [0.15, 0.2) is 0 Å². The van der Waals surface area contributed by atoms with Crippen LogP contribution in [0, 0.1) is 0 Å². The van der Waals surface area contributed by atoms with E-state index in [-0.39, 0.29) is 5.56 Å². The highest BCUT2D eigenvalue weighted by molar-refractivity contribution is 5.91. The first-order chi connectivity index (χ1) is 14.8. The first-order valence-electron chi connectivity index (χ1n) is 10.3. The molecule has 0 saturated carbocycles. The van der Waals surface area contributed by atoms with E-state index in [4.69, 9.17) is 4.98 Å². The fourth-order valence-corrected chi connectivity index (χ4v) is 4.65. The summed E-state index contributed by atoms with van der Waals surface area (Å²) in [6.07, 6.45) is 7.61. The van der Waals surface area contributed by atoms with Crippen molar-refractivity contribution >= 4 is 21.7 Å². The summed E-state index contributed by atoms with van der Waals surface area (Å²) >= 11 is 0. The summed E-state index contributed by atoms with van der Waals surface area (Å²) < 4.78 is 3.99. The van der Waals surface area contributed by atoms with Crippen molar-refractivity contribution in [2.45, 2.75) is 25.9 Å². The van der Waals surface area contributed by atoms with E-state index in [0.717, 1.165) is 47.1 Å². The Kier molecular flexibility index (Phi) is 3.81. The average molecular weight is 392 g/mol.